The Kier molecular flexibility index (Phi) is 4.73. The first-order valence-corrected chi connectivity index (χ1v) is 11.5. The van der Waals surface area contributed by atoms with Gasteiger partial charge in [-0.25, -0.2) is 18.1 Å². The van der Waals surface area contributed by atoms with Crippen LogP contribution in [-0.4, -0.2) is 36.4 Å². The highest BCUT2D eigenvalue weighted by Gasteiger charge is 2.35. The van der Waals surface area contributed by atoms with E-state index in [4.69, 9.17) is 5.11 Å². The Balaban J connectivity index is 1.69. The van der Waals surface area contributed by atoms with Crippen molar-refractivity contribution in [3.63, 3.8) is 0 Å². The van der Waals surface area contributed by atoms with Gasteiger partial charge in [-0.15, -0.1) is 0 Å². The van der Waals surface area contributed by atoms with Gasteiger partial charge in [-0.1, -0.05) is 18.2 Å². The molecule has 1 aliphatic rings. The molecule has 4 aromatic rings. The minimum absolute atomic E-state index is 0.0564. The second kappa shape index (κ2) is 7.53. The molecule has 0 unspecified atom stereocenters. The zero-order valence-corrected chi connectivity index (χ0v) is 18.1. The Bertz CT molecular complexity index is 1620. The van der Waals surface area contributed by atoms with Gasteiger partial charge in [0.05, 0.1) is 21.0 Å². The van der Waals surface area contributed by atoms with Crippen LogP contribution >= 0.6 is 0 Å². The number of aromatic carboxylic acids is 1. The van der Waals surface area contributed by atoms with Crippen LogP contribution in [0, 0.1) is 0 Å². The fourth-order valence-electron chi connectivity index (χ4n) is 4.07. The number of amides is 2. The molecule has 0 radical (unpaired) electrons. The number of phenolic OH excluding ortho intramolecular Hbond substituents is 1. The maximum Gasteiger partial charge on any atom is 0.335 e. The first-order chi connectivity index (χ1) is 16.2. The number of benzene rings is 4. The van der Waals surface area contributed by atoms with Crippen LogP contribution in [-0.2, 0) is 9.84 Å². The van der Waals surface area contributed by atoms with Crippen molar-refractivity contribution in [3.8, 4) is 5.75 Å². The molecule has 0 spiro atoms. The zero-order valence-electron chi connectivity index (χ0n) is 17.3. The lowest BCUT2D eigenvalue weighted by molar-refractivity contribution is 0.0696. The normalized spacial score (nSPS) is 13.4. The van der Waals surface area contributed by atoms with Crippen molar-refractivity contribution in [2.75, 3.05) is 4.90 Å². The van der Waals surface area contributed by atoms with E-state index >= 15 is 0 Å². The first kappa shape index (κ1) is 21.4. The van der Waals surface area contributed by atoms with Crippen LogP contribution in [0.3, 0.4) is 0 Å². The molecule has 1 aliphatic heterocycles. The summed E-state index contributed by atoms with van der Waals surface area (Å²) in [6.45, 7) is 0. The number of nitrogens with zero attached hydrogens (tertiary/aromatic N) is 1. The number of carboxylic acids is 1. The Labute approximate surface area is 193 Å². The summed E-state index contributed by atoms with van der Waals surface area (Å²) in [5.74, 6) is -2.58. The van der Waals surface area contributed by atoms with Gasteiger partial charge in [0.15, 0.2) is 0 Å². The topological polar surface area (TPSA) is 129 Å². The summed E-state index contributed by atoms with van der Waals surface area (Å²) in [7, 11) is -4.09. The van der Waals surface area contributed by atoms with E-state index in [9.17, 15) is 27.9 Å². The van der Waals surface area contributed by atoms with Crippen LogP contribution in [0.2, 0.25) is 0 Å². The zero-order chi connectivity index (χ0) is 24.2. The molecule has 9 heteroatoms. The molecule has 168 valence electrons. The summed E-state index contributed by atoms with van der Waals surface area (Å²) in [6.07, 6.45) is 0. The molecule has 0 saturated heterocycles. The molecule has 0 atom stereocenters. The number of sulfone groups is 1. The molecular weight excluding hydrogens is 458 g/mol. The van der Waals surface area contributed by atoms with E-state index in [1.807, 2.05) is 0 Å². The number of rotatable bonds is 4. The Hall–Kier alpha value is -4.50. The van der Waals surface area contributed by atoms with Crippen molar-refractivity contribution in [2.24, 2.45) is 0 Å². The second-order valence-electron chi connectivity index (χ2n) is 7.64. The SMILES string of the molecule is O=C(O)c1ccc(S(=O)(=O)c2ccc3c4c(cccc24)C(=O)N(c2cccc(O)c2)C3=O)cc1. The maximum absolute atomic E-state index is 13.4. The van der Waals surface area contributed by atoms with Gasteiger partial charge in [0, 0.05) is 28.0 Å². The number of carbonyl (C=O) groups excluding carboxylic acids is 2. The van der Waals surface area contributed by atoms with Crippen LogP contribution < -0.4 is 4.90 Å². The number of hydrogen-bond donors (Lipinski definition) is 2. The number of carboxylic acid groups (broad SMARTS) is 1. The highest BCUT2D eigenvalue weighted by Crippen LogP contribution is 2.37. The Morgan fingerprint density at radius 2 is 1.44 bits per heavy atom. The van der Waals surface area contributed by atoms with Crippen LogP contribution in [0.15, 0.2) is 88.7 Å². The summed E-state index contributed by atoms with van der Waals surface area (Å²) in [4.78, 5) is 38.4. The lowest BCUT2D eigenvalue weighted by atomic mass is 9.93. The van der Waals surface area contributed by atoms with E-state index in [1.54, 1.807) is 0 Å². The third kappa shape index (κ3) is 3.13. The van der Waals surface area contributed by atoms with E-state index < -0.39 is 27.6 Å². The average molecular weight is 473 g/mol. The largest absolute Gasteiger partial charge is 0.508 e. The van der Waals surface area contributed by atoms with Gasteiger partial charge in [0.25, 0.3) is 11.8 Å². The molecule has 2 amide bonds. The summed E-state index contributed by atoms with van der Waals surface area (Å²) in [6, 6.07) is 17.7. The average Bonchev–Trinajstić information content (AvgIpc) is 2.82. The molecular formula is C25H15NO7S. The number of anilines is 1. The first-order valence-electron chi connectivity index (χ1n) is 10.0. The van der Waals surface area contributed by atoms with E-state index in [-0.39, 0.29) is 48.7 Å². The van der Waals surface area contributed by atoms with Gasteiger partial charge in [0.1, 0.15) is 5.75 Å². The summed E-state index contributed by atoms with van der Waals surface area (Å²) >= 11 is 0. The molecule has 0 bridgehead atoms. The molecule has 8 nitrogen and oxygen atoms in total. The highest BCUT2D eigenvalue weighted by atomic mass is 32.2. The molecule has 4 aromatic carbocycles. The Morgan fingerprint density at radius 3 is 2.09 bits per heavy atom. The summed E-state index contributed by atoms with van der Waals surface area (Å²) in [5.41, 5.74) is 0.425. The molecule has 0 fully saturated rings. The maximum atomic E-state index is 13.4. The number of phenols is 1. The lowest BCUT2D eigenvalue weighted by Crippen LogP contribution is -2.40. The summed E-state index contributed by atoms with van der Waals surface area (Å²) < 4.78 is 26.8. The standard InChI is InChI=1S/C25H15NO7S/c27-16-4-1-3-15(13-16)26-23(28)19-6-2-5-18-21(12-11-20(22(18)19)24(26)29)34(32,33)17-9-7-14(8-10-17)25(30)31/h1-13,27H,(H,30,31). The molecule has 0 saturated carbocycles. The van der Waals surface area contributed by atoms with Gasteiger partial charge in [-0.05, 0) is 54.6 Å². The van der Waals surface area contributed by atoms with Gasteiger partial charge < -0.3 is 10.2 Å². The van der Waals surface area contributed by atoms with Crippen molar-refractivity contribution >= 4 is 44.1 Å². The minimum atomic E-state index is -4.09. The fourth-order valence-corrected chi connectivity index (χ4v) is 5.53. The lowest BCUT2D eigenvalue weighted by Gasteiger charge is -2.27. The molecule has 34 heavy (non-hydrogen) atoms. The van der Waals surface area contributed by atoms with Gasteiger partial charge in [0.2, 0.25) is 9.84 Å². The molecule has 0 aliphatic carbocycles. The third-order valence-electron chi connectivity index (χ3n) is 5.66. The van der Waals surface area contributed by atoms with E-state index in [0.717, 1.165) is 4.90 Å². The third-order valence-corrected chi connectivity index (χ3v) is 7.48. The van der Waals surface area contributed by atoms with Gasteiger partial charge in [-0.3, -0.25) is 9.59 Å². The van der Waals surface area contributed by atoms with Crippen molar-refractivity contribution in [1.82, 2.24) is 0 Å². The van der Waals surface area contributed by atoms with Crippen LogP contribution in [0.5, 0.6) is 5.75 Å². The van der Waals surface area contributed by atoms with Crippen molar-refractivity contribution in [3.05, 3.63) is 95.6 Å². The predicted molar refractivity (Wildman–Crippen MR) is 122 cm³/mol. The monoisotopic (exact) mass is 473 g/mol. The number of imide groups is 1. The number of hydrogen-bond acceptors (Lipinski definition) is 6. The second-order valence-corrected chi connectivity index (χ2v) is 9.56. The van der Waals surface area contributed by atoms with Gasteiger partial charge in [-0.2, -0.15) is 0 Å². The van der Waals surface area contributed by atoms with E-state index in [1.165, 1.54) is 78.9 Å². The van der Waals surface area contributed by atoms with Crippen LogP contribution in [0.1, 0.15) is 31.1 Å². The number of carbonyl (C=O) groups is 3. The quantitative estimate of drug-likeness (QED) is 0.430. The number of aromatic hydroxyl groups is 1. The van der Waals surface area contributed by atoms with Crippen molar-refractivity contribution in [2.45, 2.75) is 9.79 Å². The molecule has 5 rings (SSSR count). The van der Waals surface area contributed by atoms with Crippen molar-refractivity contribution in [1.29, 1.82) is 0 Å². The fraction of sp³-hybridized carbons (Fsp3) is 0. The van der Waals surface area contributed by atoms with E-state index in [0.29, 0.717) is 0 Å². The van der Waals surface area contributed by atoms with E-state index in [2.05, 4.69) is 0 Å². The minimum Gasteiger partial charge on any atom is -0.508 e. The predicted octanol–water partition coefficient (Wildman–Crippen LogP) is 3.88. The van der Waals surface area contributed by atoms with Crippen molar-refractivity contribution < 1.29 is 33.0 Å². The summed E-state index contributed by atoms with van der Waals surface area (Å²) in [5, 5.41) is 19.3. The van der Waals surface area contributed by atoms with Gasteiger partial charge >= 0.3 is 5.97 Å². The van der Waals surface area contributed by atoms with Crippen LogP contribution in [0.4, 0.5) is 5.69 Å². The van der Waals surface area contributed by atoms with Crippen LogP contribution in [0.25, 0.3) is 10.8 Å². The Morgan fingerprint density at radius 1 is 0.794 bits per heavy atom. The highest BCUT2D eigenvalue weighted by molar-refractivity contribution is 7.91. The molecule has 0 aromatic heterocycles. The molecule has 2 N–H and O–H groups in total. The molecule has 1 heterocycles. The smallest absolute Gasteiger partial charge is 0.335 e.